The summed E-state index contributed by atoms with van der Waals surface area (Å²) in [6, 6.07) is 5.50. The zero-order valence-electron chi connectivity index (χ0n) is 19.0. The molecule has 178 valence electrons. The number of primary amides is 1. The Hall–Kier alpha value is -2.09. The lowest BCUT2D eigenvalue weighted by Gasteiger charge is -2.47. The van der Waals surface area contributed by atoms with Gasteiger partial charge < -0.3 is 20.9 Å². The Morgan fingerprint density at radius 2 is 2.06 bits per heavy atom. The van der Waals surface area contributed by atoms with Gasteiger partial charge in [0.25, 0.3) is 0 Å². The van der Waals surface area contributed by atoms with Crippen molar-refractivity contribution in [2.24, 2.45) is 17.6 Å². The van der Waals surface area contributed by atoms with E-state index in [4.69, 9.17) is 33.9 Å². The highest BCUT2D eigenvalue weighted by Gasteiger charge is 2.36. The van der Waals surface area contributed by atoms with Gasteiger partial charge in [-0.2, -0.15) is 0 Å². The van der Waals surface area contributed by atoms with Crippen molar-refractivity contribution in [3.63, 3.8) is 0 Å². The molecule has 0 saturated carbocycles. The van der Waals surface area contributed by atoms with Crippen molar-refractivity contribution in [3.05, 3.63) is 46.2 Å². The fourth-order valence-corrected chi connectivity index (χ4v) is 5.46. The molecule has 1 aromatic heterocycles. The van der Waals surface area contributed by atoms with Crippen molar-refractivity contribution in [2.75, 3.05) is 42.9 Å². The first-order valence-electron chi connectivity index (χ1n) is 11.7. The van der Waals surface area contributed by atoms with Crippen molar-refractivity contribution in [3.8, 4) is 0 Å². The maximum Gasteiger partial charge on any atom is 0.217 e. The summed E-state index contributed by atoms with van der Waals surface area (Å²) in [7, 11) is 0. The quantitative estimate of drug-likeness (QED) is 0.542. The number of aromatic nitrogens is 2. The lowest BCUT2D eigenvalue weighted by molar-refractivity contribution is -0.118. The summed E-state index contributed by atoms with van der Waals surface area (Å²) < 4.78 is 0. The van der Waals surface area contributed by atoms with Crippen LogP contribution in [0.1, 0.15) is 44.2 Å². The van der Waals surface area contributed by atoms with Crippen LogP contribution < -0.4 is 16.0 Å². The number of carbonyl (C=O) groups is 1. The van der Waals surface area contributed by atoms with Gasteiger partial charge in [-0.05, 0) is 68.8 Å². The molecular weight excluding hydrogens is 459 g/mol. The fourth-order valence-electron chi connectivity index (χ4n) is 4.88. The number of rotatable bonds is 9. The molecule has 1 aromatic carbocycles. The number of anilines is 2. The molecule has 0 aliphatic carbocycles. The molecule has 0 spiro atoms. The Kier molecular flexibility index (Phi) is 7.94. The largest absolute Gasteiger partial charge is 0.370 e. The smallest absolute Gasteiger partial charge is 0.217 e. The van der Waals surface area contributed by atoms with E-state index < -0.39 is 0 Å². The van der Waals surface area contributed by atoms with Crippen molar-refractivity contribution in [1.82, 2.24) is 14.9 Å². The Morgan fingerprint density at radius 3 is 2.82 bits per heavy atom. The summed E-state index contributed by atoms with van der Waals surface area (Å²) in [6.07, 6.45) is 7.40. The van der Waals surface area contributed by atoms with Gasteiger partial charge in [0.1, 0.15) is 11.6 Å². The van der Waals surface area contributed by atoms with Gasteiger partial charge in [0.2, 0.25) is 5.91 Å². The first-order chi connectivity index (χ1) is 15.9. The molecule has 0 bridgehead atoms. The number of hydrogen-bond acceptors (Lipinski definition) is 6. The molecule has 0 unspecified atom stereocenters. The third-order valence-corrected chi connectivity index (χ3v) is 7.32. The second kappa shape index (κ2) is 10.9. The van der Waals surface area contributed by atoms with Gasteiger partial charge in [0.15, 0.2) is 0 Å². The van der Waals surface area contributed by atoms with E-state index in [0.29, 0.717) is 28.3 Å². The van der Waals surface area contributed by atoms with Gasteiger partial charge in [-0.1, -0.05) is 29.3 Å². The topological polar surface area (TPSA) is 87.4 Å². The van der Waals surface area contributed by atoms with Gasteiger partial charge in [0, 0.05) is 36.1 Å². The lowest BCUT2D eigenvalue weighted by atomic mass is 9.80. The Labute approximate surface area is 205 Å². The molecular formula is C24H32Cl2N6O. The van der Waals surface area contributed by atoms with Gasteiger partial charge in [-0.25, -0.2) is 4.98 Å². The SMILES string of the molecule is C[C@@H](Nc1cncc(N2CC([C@H]3CCCN(CCCC(N)=O)C3)C2)n1)c1ccc(Cl)cc1Cl. The molecule has 0 radical (unpaired) electrons. The number of amides is 1. The highest BCUT2D eigenvalue weighted by Crippen LogP contribution is 2.34. The lowest BCUT2D eigenvalue weighted by Crippen LogP contribution is -2.54. The van der Waals surface area contributed by atoms with Crippen LogP contribution in [0.2, 0.25) is 10.0 Å². The number of likely N-dealkylation sites (tertiary alicyclic amines) is 1. The average Bonchev–Trinajstić information content (AvgIpc) is 2.73. The zero-order chi connectivity index (χ0) is 23.4. The van der Waals surface area contributed by atoms with Gasteiger partial charge in [-0.15, -0.1) is 0 Å². The van der Waals surface area contributed by atoms with Crippen molar-refractivity contribution < 1.29 is 4.79 Å². The summed E-state index contributed by atoms with van der Waals surface area (Å²) >= 11 is 12.4. The van der Waals surface area contributed by atoms with Crippen LogP contribution in [0.25, 0.3) is 0 Å². The summed E-state index contributed by atoms with van der Waals surface area (Å²) in [6.45, 7) is 7.27. The monoisotopic (exact) mass is 490 g/mol. The Bertz CT molecular complexity index is 968. The van der Waals surface area contributed by atoms with Crippen molar-refractivity contribution >= 4 is 40.7 Å². The predicted molar refractivity (Wildman–Crippen MR) is 134 cm³/mol. The summed E-state index contributed by atoms with van der Waals surface area (Å²) in [5.74, 6) is 2.80. The first-order valence-corrected chi connectivity index (χ1v) is 12.4. The van der Waals surface area contributed by atoms with Crippen LogP contribution in [-0.4, -0.2) is 53.5 Å². The Balaban J connectivity index is 1.29. The molecule has 2 aromatic rings. The molecule has 7 nitrogen and oxygen atoms in total. The molecule has 2 saturated heterocycles. The molecule has 3 N–H and O–H groups in total. The van der Waals surface area contributed by atoms with E-state index in [1.165, 1.54) is 12.8 Å². The molecule has 9 heteroatoms. The van der Waals surface area contributed by atoms with Crippen LogP contribution in [-0.2, 0) is 4.79 Å². The van der Waals surface area contributed by atoms with Crippen LogP contribution in [0.4, 0.5) is 11.6 Å². The van der Waals surface area contributed by atoms with Crippen molar-refractivity contribution in [1.29, 1.82) is 0 Å². The number of nitrogens with zero attached hydrogens (tertiary/aromatic N) is 4. The number of nitrogens with two attached hydrogens (primary N) is 1. The number of benzene rings is 1. The number of hydrogen-bond donors (Lipinski definition) is 2. The van der Waals surface area contributed by atoms with Crippen LogP contribution in [0.3, 0.4) is 0 Å². The molecule has 3 heterocycles. The van der Waals surface area contributed by atoms with Crippen LogP contribution in [0.15, 0.2) is 30.6 Å². The summed E-state index contributed by atoms with van der Waals surface area (Å²) in [4.78, 5) is 25.0. The number of piperidine rings is 1. The van der Waals surface area contributed by atoms with E-state index in [9.17, 15) is 4.79 Å². The predicted octanol–water partition coefficient (Wildman–Crippen LogP) is 4.37. The van der Waals surface area contributed by atoms with Crippen LogP contribution in [0.5, 0.6) is 0 Å². The second-order valence-corrected chi connectivity index (χ2v) is 10.1. The Morgan fingerprint density at radius 1 is 1.24 bits per heavy atom. The normalized spacial score (nSPS) is 20.3. The third-order valence-electron chi connectivity index (χ3n) is 6.76. The average molecular weight is 491 g/mol. The summed E-state index contributed by atoms with van der Waals surface area (Å²) in [5.41, 5.74) is 6.24. The minimum atomic E-state index is -0.207. The molecule has 2 fully saturated rings. The van der Waals surface area contributed by atoms with Gasteiger partial charge >= 0.3 is 0 Å². The highest BCUT2D eigenvalue weighted by molar-refractivity contribution is 6.35. The second-order valence-electron chi connectivity index (χ2n) is 9.23. The van der Waals surface area contributed by atoms with E-state index in [1.54, 1.807) is 12.3 Å². The maximum atomic E-state index is 11.0. The maximum absolute atomic E-state index is 11.0. The first kappa shape index (κ1) is 24.0. The highest BCUT2D eigenvalue weighted by atomic mass is 35.5. The van der Waals surface area contributed by atoms with Gasteiger partial charge in [-0.3, -0.25) is 9.78 Å². The van der Waals surface area contributed by atoms with E-state index in [2.05, 4.69) is 20.1 Å². The number of halogens is 2. The van der Waals surface area contributed by atoms with E-state index in [1.807, 2.05) is 25.3 Å². The van der Waals surface area contributed by atoms with Crippen LogP contribution >= 0.6 is 23.2 Å². The molecule has 4 rings (SSSR count). The van der Waals surface area contributed by atoms with E-state index >= 15 is 0 Å². The van der Waals surface area contributed by atoms with Gasteiger partial charge in [0.05, 0.1) is 18.4 Å². The molecule has 2 atom stereocenters. The summed E-state index contributed by atoms with van der Waals surface area (Å²) in [5, 5.41) is 4.66. The molecule has 1 amide bonds. The number of nitrogens with one attached hydrogen (secondary N) is 1. The molecule has 2 aliphatic rings. The zero-order valence-corrected chi connectivity index (χ0v) is 20.5. The van der Waals surface area contributed by atoms with Crippen molar-refractivity contribution in [2.45, 2.75) is 38.6 Å². The minimum Gasteiger partial charge on any atom is -0.370 e. The fraction of sp³-hybridized carbons (Fsp3) is 0.542. The standard InChI is InChI=1S/C24H32Cl2N6O/c1-16(20-7-6-19(25)10-21(20)26)29-23-11-28-12-24(30-23)32-14-18(15-32)17-4-2-8-31(13-17)9-3-5-22(27)33/h6-7,10-12,16-18H,2-5,8-9,13-15H2,1H3,(H2,27,33)(H,29,30)/t16-,17+/m1/s1. The molecule has 33 heavy (non-hydrogen) atoms. The van der Waals surface area contributed by atoms with E-state index in [-0.39, 0.29) is 11.9 Å². The number of carbonyl (C=O) groups excluding carboxylic acids is 1. The molecule has 2 aliphatic heterocycles. The minimum absolute atomic E-state index is 0.0220. The van der Waals surface area contributed by atoms with Crippen LogP contribution in [0, 0.1) is 11.8 Å². The van der Waals surface area contributed by atoms with E-state index in [0.717, 1.165) is 56.3 Å². The third kappa shape index (κ3) is 6.28.